The molecule has 1 aliphatic rings. The van der Waals surface area contributed by atoms with Crippen LogP contribution in [0.5, 0.6) is 0 Å². The molecule has 0 saturated heterocycles. The van der Waals surface area contributed by atoms with Crippen molar-refractivity contribution in [2.45, 2.75) is 31.7 Å². The minimum Gasteiger partial charge on any atom is -0.327 e. The highest BCUT2D eigenvalue weighted by Crippen LogP contribution is 2.33. The molecule has 2 atom stereocenters. The molecule has 6 heteroatoms. The number of hydrogen-bond acceptors (Lipinski definition) is 4. The summed E-state index contributed by atoms with van der Waals surface area (Å²) in [6.07, 6.45) is 3.91. The summed E-state index contributed by atoms with van der Waals surface area (Å²) in [7, 11) is 0. The lowest BCUT2D eigenvalue weighted by molar-refractivity contribution is -0.121. The van der Waals surface area contributed by atoms with Crippen molar-refractivity contribution in [3.8, 4) is 0 Å². The highest BCUT2D eigenvalue weighted by Gasteiger charge is 2.29. The molecule has 2 aromatic rings. The zero-order valence-corrected chi connectivity index (χ0v) is 12.5. The van der Waals surface area contributed by atoms with E-state index in [4.69, 9.17) is 17.3 Å². The Morgan fingerprint density at radius 2 is 2.20 bits per heavy atom. The molecule has 0 aliphatic heterocycles. The van der Waals surface area contributed by atoms with E-state index in [-0.39, 0.29) is 17.9 Å². The van der Waals surface area contributed by atoms with E-state index < -0.39 is 0 Å². The van der Waals surface area contributed by atoms with E-state index in [1.165, 1.54) is 11.3 Å². The average Bonchev–Trinajstić information content (AvgIpc) is 2.91. The molecule has 0 spiro atoms. The SMILES string of the molecule is NC1CCCCC1C(=O)Nc1c(Cl)ccc2scnc12. The van der Waals surface area contributed by atoms with Crippen LogP contribution in [0, 0.1) is 5.92 Å². The van der Waals surface area contributed by atoms with Crippen molar-refractivity contribution < 1.29 is 4.79 Å². The van der Waals surface area contributed by atoms with E-state index in [0.29, 0.717) is 10.7 Å². The van der Waals surface area contributed by atoms with Crippen LogP contribution in [0.25, 0.3) is 10.2 Å². The molecule has 1 heterocycles. The monoisotopic (exact) mass is 309 g/mol. The van der Waals surface area contributed by atoms with Crippen LogP contribution in [0.15, 0.2) is 17.6 Å². The van der Waals surface area contributed by atoms with E-state index in [1.807, 2.05) is 6.07 Å². The number of aromatic nitrogens is 1. The van der Waals surface area contributed by atoms with Gasteiger partial charge in [-0.05, 0) is 25.0 Å². The number of benzene rings is 1. The highest BCUT2D eigenvalue weighted by atomic mass is 35.5. The molecule has 3 N–H and O–H groups in total. The normalized spacial score (nSPS) is 22.9. The summed E-state index contributed by atoms with van der Waals surface area (Å²) < 4.78 is 1.01. The smallest absolute Gasteiger partial charge is 0.229 e. The predicted molar refractivity (Wildman–Crippen MR) is 83.2 cm³/mol. The van der Waals surface area contributed by atoms with Gasteiger partial charge in [-0.15, -0.1) is 11.3 Å². The van der Waals surface area contributed by atoms with E-state index >= 15 is 0 Å². The summed E-state index contributed by atoms with van der Waals surface area (Å²) in [5.41, 5.74) is 9.16. The second kappa shape index (κ2) is 5.68. The number of amides is 1. The van der Waals surface area contributed by atoms with Crippen molar-refractivity contribution in [2.75, 3.05) is 5.32 Å². The van der Waals surface area contributed by atoms with Crippen LogP contribution in [0.1, 0.15) is 25.7 Å². The molecular formula is C14H16ClN3OS. The minimum atomic E-state index is -0.131. The number of rotatable bonds is 2. The Balaban J connectivity index is 1.87. The Morgan fingerprint density at radius 3 is 3.00 bits per heavy atom. The first-order valence-corrected chi connectivity index (χ1v) is 8.00. The zero-order valence-electron chi connectivity index (χ0n) is 10.9. The fourth-order valence-corrected chi connectivity index (χ4v) is 3.61. The number of halogens is 1. The van der Waals surface area contributed by atoms with Crippen LogP contribution >= 0.6 is 22.9 Å². The Bertz CT molecular complexity index is 642. The van der Waals surface area contributed by atoms with Gasteiger partial charge in [0.15, 0.2) is 0 Å². The van der Waals surface area contributed by atoms with Crippen molar-refractivity contribution in [3.05, 3.63) is 22.7 Å². The lowest BCUT2D eigenvalue weighted by atomic mass is 9.84. The van der Waals surface area contributed by atoms with Gasteiger partial charge in [-0.2, -0.15) is 0 Å². The Hall–Kier alpha value is -1.17. The van der Waals surface area contributed by atoms with E-state index in [0.717, 1.165) is 35.9 Å². The summed E-state index contributed by atoms with van der Waals surface area (Å²) in [4.78, 5) is 16.7. The van der Waals surface area contributed by atoms with Crippen LogP contribution in [0.4, 0.5) is 5.69 Å². The van der Waals surface area contributed by atoms with Crippen molar-refractivity contribution in [2.24, 2.45) is 11.7 Å². The second-order valence-corrected chi connectivity index (χ2v) is 6.46. The molecular weight excluding hydrogens is 294 g/mol. The summed E-state index contributed by atoms with van der Waals surface area (Å²) in [5, 5.41) is 3.45. The van der Waals surface area contributed by atoms with Gasteiger partial charge in [0.2, 0.25) is 5.91 Å². The number of fused-ring (bicyclic) bond motifs is 1. The summed E-state index contributed by atoms with van der Waals surface area (Å²) >= 11 is 7.73. The molecule has 0 radical (unpaired) electrons. The quantitative estimate of drug-likeness (QED) is 0.893. The predicted octanol–water partition coefficient (Wildman–Crippen LogP) is 3.41. The molecule has 2 unspecified atom stereocenters. The molecule has 106 valence electrons. The minimum absolute atomic E-state index is 0.0420. The standard InChI is InChI=1S/C14H16ClN3OS/c15-9-5-6-11-13(17-7-20-11)12(9)18-14(19)8-3-1-2-4-10(8)16/h5-8,10H,1-4,16H2,(H,18,19). The Labute approximate surface area is 126 Å². The molecule has 4 nitrogen and oxygen atoms in total. The first kappa shape index (κ1) is 13.8. The summed E-state index contributed by atoms with van der Waals surface area (Å²) in [6.45, 7) is 0. The van der Waals surface area contributed by atoms with Gasteiger partial charge in [-0.3, -0.25) is 4.79 Å². The molecule has 1 saturated carbocycles. The van der Waals surface area contributed by atoms with Crippen LogP contribution < -0.4 is 11.1 Å². The Morgan fingerprint density at radius 1 is 1.40 bits per heavy atom. The zero-order chi connectivity index (χ0) is 14.1. The van der Waals surface area contributed by atoms with Gasteiger partial charge in [0.05, 0.1) is 26.8 Å². The summed E-state index contributed by atoms with van der Waals surface area (Å²) in [6, 6.07) is 3.65. The van der Waals surface area contributed by atoms with Gasteiger partial charge in [-0.25, -0.2) is 4.98 Å². The van der Waals surface area contributed by atoms with Crippen molar-refractivity contribution in [3.63, 3.8) is 0 Å². The molecule has 20 heavy (non-hydrogen) atoms. The van der Waals surface area contributed by atoms with Gasteiger partial charge in [0.1, 0.15) is 5.52 Å². The molecule has 1 aliphatic carbocycles. The molecule has 1 aromatic carbocycles. The Kier molecular flexibility index (Phi) is 3.92. The molecule has 1 fully saturated rings. The number of carbonyl (C=O) groups is 1. The van der Waals surface area contributed by atoms with Crippen molar-refractivity contribution >= 4 is 44.7 Å². The fraction of sp³-hybridized carbons (Fsp3) is 0.429. The van der Waals surface area contributed by atoms with Gasteiger partial charge >= 0.3 is 0 Å². The molecule has 1 aromatic heterocycles. The van der Waals surface area contributed by atoms with E-state index in [1.54, 1.807) is 11.6 Å². The number of nitrogens with one attached hydrogen (secondary N) is 1. The van der Waals surface area contributed by atoms with Crippen LogP contribution in [-0.4, -0.2) is 16.9 Å². The van der Waals surface area contributed by atoms with Gasteiger partial charge in [0, 0.05) is 6.04 Å². The maximum atomic E-state index is 12.4. The number of anilines is 1. The lowest BCUT2D eigenvalue weighted by Gasteiger charge is -2.27. The lowest BCUT2D eigenvalue weighted by Crippen LogP contribution is -2.40. The van der Waals surface area contributed by atoms with Crippen LogP contribution in [0.2, 0.25) is 5.02 Å². The highest BCUT2D eigenvalue weighted by molar-refractivity contribution is 7.16. The third-order valence-corrected chi connectivity index (χ3v) is 4.97. The first-order chi connectivity index (χ1) is 9.66. The number of hydrogen-bond donors (Lipinski definition) is 2. The molecule has 0 bridgehead atoms. The first-order valence-electron chi connectivity index (χ1n) is 6.75. The second-order valence-electron chi connectivity index (χ2n) is 5.17. The number of nitrogens with two attached hydrogens (primary N) is 1. The van der Waals surface area contributed by atoms with Gasteiger partial charge < -0.3 is 11.1 Å². The largest absolute Gasteiger partial charge is 0.327 e. The number of nitrogens with zero attached hydrogens (tertiary/aromatic N) is 1. The van der Waals surface area contributed by atoms with Gasteiger partial charge in [-0.1, -0.05) is 24.4 Å². The average molecular weight is 310 g/mol. The van der Waals surface area contributed by atoms with Crippen LogP contribution in [0.3, 0.4) is 0 Å². The van der Waals surface area contributed by atoms with Crippen LogP contribution in [-0.2, 0) is 4.79 Å². The van der Waals surface area contributed by atoms with E-state index in [9.17, 15) is 4.79 Å². The van der Waals surface area contributed by atoms with Crippen molar-refractivity contribution in [1.29, 1.82) is 0 Å². The van der Waals surface area contributed by atoms with E-state index in [2.05, 4.69) is 10.3 Å². The van der Waals surface area contributed by atoms with Gasteiger partial charge in [0.25, 0.3) is 0 Å². The third-order valence-electron chi connectivity index (χ3n) is 3.86. The maximum absolute atomic E-state index is 12.4. The van der Waals surface area contributed by atoms with Crippen molar-refractivity contribution in [1.82, 2.24) is 4.98 Å². The third kappa shape index (κ3) is 2.53. The number of carbonyl (C=O) groups excluding carboxylic acids is 1. The summed E-state index contributed by atoms with van der Waals surface area (Å²) in [5.74, 6) is -0.173. The number of thiazole rings is 1. The topological polar surface area (TPSA) is 68.0 Å². The fourth-order valence-electron chi connectivity index (χ4n) is 2.73. The molecule has 1 amide bonds. The molecule has 3 rings (SSSR count). The maximum Gasteiger partial charge on any atom is 0.229 e.